The fraction of sp³-hybridized carbons (Fsp3) is 0.583. The number of rotatable bonds is 10. The Hall–Kier alpha value is -1.78. The van der Waals surface area contributed by atoms with Gasteiger partial charge < -0.3 is 34.3 Å². The second-order valence-electron chi connectivity index (χ2n) is 4.74. The van der Waals surface area contributed by atoms with E-state index in [9.17, 15) is 4.57 Å². The summed E-state index contributed by atoms with van der Waals surface area (Å²) in [7, 11) is -2.69. The molecular weight excluding hydrogens is 341 g/mol. The Balaban J connectivity index is 2.80. The lowest BCUT2D eigenvalue weighted by molar-refractivity contribution is 0.141. The average molecular weight is 363 g/mol. The van der Waals surface area contributed by atoms with Crippen molar-refractivity contribution in [2.75, 3.05) is 33.3 Å². The molecule has 0 amide bonds. The zero-order valence-corrected chi connectivity index (χ0v) is 14.4. The van der Waals surface area contributed by atoms with Gasteiger partial charge in [-0.15, -0.1) is 0 Å². The van der Waals surface area contributed by atoms with Crippen molar-refractivity contribution >= 4 is 25.1 Å². The number of aromatic nitrogens is 2. The lowest BCUT2D eigenvalue weighted by atomic mass is 10.4. The highest BCUT2D eigenvalue weighted by Crippen LogP contribution is 2.33. The summed E-state index contributed by atoms with van der Waals surface area (Å²) in [6.45, 7) is 2.36. The summed E-state index contributed by atoms with van der Waals surface area (Å²) in [5, 5.41) is 7.90. The van der Waals surface area contributed by atoms with Crippen molar-refractivity contribution in [1.29, 1.82) is 5.41 Å². The number of amidine groups is 1. The van der Waals surface area contributed by atoms with E-state index in [0.717, 1.165) is 0 Å². The highest BCUT2D eigenvalue weighted by atomic mass is 31.2. The Morgan fingerprint density at radius 3 is 2.75 bits per heavy atom. The zero-order valence-electron chi connectivity index (χ0n) is 13.5. The molecule has 5 N–H and O–H groups in total. The van der Waals surface area contributed by atoms with E-state index in [1.165, 1.54) is 13.4 Å². The lowest BCUT2D eigenvalue weighted by Crippen LogP contribution is -2.13. The molecule has 0 aliphatic carbocycles. The van der Waals surface area contributed by atoms with Gasteiger partial charge >= 0.3 is 7.60 Å². The second kappa shape index (κ2) is 9.50. The molecule has 0 bridgehead atoms. The van der Waals surface area contributed by atoms with Gasteiger partial charge in [0.1, 0.15) is 13.0 Å². The molecule has 1 heterocycles. The molecule has 0 atom stereocenters. The van der Waals surface area contributed by atoms with Gasteiger partial charge in [0.25, 0.3) is 0 Å². The first-order chi connectivity index (χ1) is 11.2. The molecule has 0 unspecified atom stereocenters. The number of methoxy groups -OCH3 is 1. The van der Waals surface area contributed by atoms with Crippen LogP contribution in [-0.4, -0.2) is 64.3 Å². The molecule has 0 aliphatic heterocycles. The van der Waals surface area contributed by atoms with Gasteiger partial charge in [-0.05, 0) is 6.92 Å². The van der Waals surface area contributed by atoms with Crippen LogP contribution >= 0.6 is 7.60 Å². The van der Waals surface area contributed by atoms with Gasteiger partial charge in [-0.2, -0.15) is 0 Å². The van der Waals surface area contributed by atoms with E-state index in [1.807, 2.05) is 0 Å². The van der Waals surface area contributed by atoms with Crippen LogP contribution in [0.1, 0.15) is 12.6 Å². The topological polar surface area (TPSA) is 165 Å². The molecule has 1 rings (SSSR count). The number of aliphatic imine (C=N–C) groups is 1. The van der Waals surface area contributed by atoms with E-state index in [1.54, 1.807) is 11.5 Å². The molecule has 0 aromatic carbocycles. The smallest absolute Gasteiger partial charge is 0.350 e. The molecule has 24 heavy (non-hydrogen) atoms. The molecule has 11 nitrogen and oxygen atoms in total. The number of nitrogens with one attached hydrogen (secondary N) is 1. The van der Waals surface area contributed by atoms with Crippen LogP contribution < -0.4 is 5.73 Å². The summed E-state index contributed by atoms with van der Waals surface area (Å²) in [5.41, 5.74) is 5.80. The first-order valence-corrected chi connectivity index (χ1v) is 8.73. The van der Waals surface area contributed by atoms with Crippen LogP contribution in [0.3, 0.4) is 0 Å². The maximum Gasteiger partial charge on any atom is 0.350 e. The third kappa shape index (κ3) is 7.20. The van der Waals surface area contributed by atoms with E-state index in [4.69, 9.17) is 35.1 Å². The Morgan fingerprint density at radius 1 is 1.46 bits per heavy atom. The fourth-order valence-corrected chi connectivity index (χ4v) is 1.99. The third-order valence-corrected chi connectivity index (χ3v) is 3.10. The van der Waals surface area contributed by atoms with E-state index in [2.05, 4.69) is 9.98 Å². The Labute approximate surface area is 139 Å². The van der Waals surface area contributed by atoms with E-state index >= 15 is 0 Å². The maximum atomic E-state index is 10.7. The van der Waals surface area contributed by atoms with E-state index in [-0.39, 0.29) is 37.2 Å². The third-order valence-electron chi connectivity index (χ3n) is 2.58. The van der Waals surface area contributed by atoms with Gasteiger partial charge in [0.2, 0.25) is 5.90 Å². The van der Waals surface area contributed by atoms with Crippen LogP contribution in [0.5, 0.6) is 0 Å². The SMILES string of the molecule is COCCOC(=N)c1ncn(CCOCP(=O)(O)O)c1/N=C(\C)N. The number of nitrogens with two attached hydrogens (primary N) is 1. The summed E-state index contributed by atoms with van der Waals surface area (Å²) in [4.78, 5) is 25.7. The predicted octanol–water partition coefficient (Wildman–Crippen LogP) is 0.0319. The minimum Gasteiger partial charge on any atom is -0.474 e. The molecule has 1 aromatic rings. The molecule has 1 aromatic heterocycles. The summed E-state index contributed by atoms with van der Waals surface area (Å²) in [6.07, 6.45) is 0.755. The summed E-state index contributed by atoms with van der Waals surface area (Å²) in [5.74, 6) is 0.387. The van der Waals surface area contributed by atoms with E-state index in [0.29, 0.717) is 12.4 Å². The maximum absolute atomic E-state index is 10.7. The lowest BCUT2D eigenvalue weighted by Gasteiger charge is -2.09. The predicted molar refractivity (Wildman–Crippen MR) is 86.7 cm³/mol. The van der Waals surface area contributed by atoms with Crippen molar-refractivity contribution in [2.45, 2.75) is 13.5 Å². The first-order valence-electron chi connectivity index (χ1n) is 6.93. The molecular formula is C12H22N5O6P. The molecule has 12 heteroatoms. The van der Waals surface area contributed by atoms with Gasteiger partial charge in [-0.25, -0.2) is 9.98 Å². The number of hydrogen-bond donors (Lipinski definition) is 4. The number of nitrogens with zero attached hydrogens (tertiary/aromatic N) is 3. The number of imidazole rings is 1. The van der Waals surface area contributed by atoms with Crippen molar-refractivity contribution in [3.05, 3.63) is 12.0 Å². The quantitative estimate of drug-likeness (QED) is 0.196. The molecule has 0 saturated heterocycles. The van der Waals surface area contributed by atoms with Crippen molar-refractivity contribution in [3.8, 4) is 0 Å². The molecule has 136 valence electrons. The standard InChI is InChI=1S/C12H22N5O6P/c1-9(13)16-12-10(11(14)23-6-5-21-2)15-7-17(12)3-4-22-8-24(18,19)20/h7,14H,3-6,8H2,1-2H3,(H2,13,16)(H2,18,19,20). The molecule has 0 aliphatic rings. The molecule has 0 radical (unpaired) electrons. The largest absolute Gasteiger partial charge is 0.474 e. The Morgan fingerprint density at radius 2 is 2.17 bits per heavy atom. The number of ether oxygens (including phenoxy) is 3. The fourth-order valence-electron chi connectivity index (χ4n) is 1.63. The summed E-state index contributed by atoms with van der Waals surface area (Å²) in [6, 6.07) is 0. The van der Waals surface area contributed by atoms with Crippen LogP contribution in [0.2, 0.25) is 0 Å². The number of hydrogen-bond acceptors (Lipinski definition) is 7. The van der Waals surface area contributed by atoms with Crippen LogP contribution in [0.15, 0.2) is 11.3 Å². The zero-order chi connectivity index (χ0) is 18.2. The first kappa shape index (κ1) is 20.3. The van der Waals surface area contributed by atoms with Crippen molar-refractivity contribution in [1.82, 2.24) is 9.55 Å². The van der Waals surface area contributed by atoms with Crippen LogP contribution in [0.25, 0.3) is 0 Å². The molecule has 0 fully saturated rings. The Bertz CT molecular complexity index is 621. The monoisotopic (exact) mass is 363 g/mol. The average Bonchev–Trinajstić information content (AvgIpc) is 2.85. The van der Waals surface area contributed by atoms with Gasteiger partial charge in [-0.1, -0.05) is 0 Å². The molecule has 0 saturated carbocycles. The minimum absolute atomic E-state index is 0.0327. The minimum atomic E-state index is -4.21. The van der Waals surface area contributed by atoms with Crippen molar-refractivity contribution < 1.29 is 28.6 Å². The van der Waals surface area contributed by atoms with Crippen LogP contribution in [0, 0.1) is 5.41 Å². The van der Waals surface area contributed by atoms with Gasteiger partial charge in [-0.3, -0.25) is 9.97 Å². The highest BCUT2D eigenvalue weighted by molar-refractivity contribution is 7.51. The Kier molecular flexibility index (Phi) is 8.02. The van der Waals surface area contributed by atoms with Gasteiger partial charge in [0.05, 0.1) is 25.4 Å². The van der Waals surface area contributed by atoms with Gasteiger partial charge in [0.15, 0.2) is 11.5 Å². The highest BCUT2D eigenvalue weighted by Gasteiger charge is 2.17. The van der Waals surface area contributed by atoms with Crippen molar-refractivity contribution in [2.24, 2.45) is 10.7 Å². The van der Waals surface area contributed by atoms with Crippen LogP contribution in [0.4, 0.5) is 5.82 Å². The van der Waals surface area contributed by atoms with Crippen molar-refractivity contribution in [3.63, 3.8) is 0 Å². The van der Waals surface area contributed by atoms with Gasteiger partial charge in [0, 0.05) is 13.7 Å². The summed E-state index contributed by atoms with van der Waals surface area (Å²) < 4.78 is 27.3. The van der Waals surface area contributed by atoms with E-state index < -0.39 is 13.9 Å². The summed E-state index contributed by atoms with van der Waals surface area (Å²) >= 11 is 0. The van der Waals surface area contributed by atoms with Crippen LogP contribution in [-0.2, 0) is 25.3 Å². The molecule has 0 spiro atoms. The normalized spacial score (nSPS) is 12.4. The second-order valence-corrected chi connectivity index (χ2v) is 6.32.